The van der Waals surface area contributed by atoms with Crippen LogP contribution in [-0.4, -0.2) is 59.3 Å². The number of ether oxygens (including phenoxy) is 1. The highest BCUT2D eigenvalue weighted by Gasteiger charge is 2.44. The van der Waals surface area contributed by atoms with Gasteiger partial charge in [-0.15, -0.1) is 5.10 Å². The average Bonchev–Trinajstić information content (AvgIpc) is 3.29. The van der Waals surface area contributed by atoms with Gasteiger partial charge in [-0.1, -0.05) is 36.4 Å². The molecule has 0 unspecified atom stereocenters. The fraction of sp³-hybridized carbons (Fsp3) is 0.407. The van der Waals surface area contributed by atoms with Gasteiger partial charge in [-0.3, -0.25) is 14.7 Å². The number of aromatic amines is 1. The first-order valence-electron chi connectivity index (χ1n) is 12.6. The van der Waals surface area contributed by atoms with Crippen LogP contribution in [0.25, 0.3) is 0 Å². The summed E-state index contributed by atoms with van der Waals surface area (Å²) in [6.45, 7) is 3.77. The number of aromatic nitrogens is 3. The zero-order valence-electron chi connectivity index (χ0n) is 20.1. The van der Waals surface area contributed by atoms with E-state index in [1.807, 2.05) is 30.3 Å². The summed E-state index contributed by atoms with van der Waals surface area (Å²) >= 11 is 0. The minimum absolute atomic E-state index is 0.0394. The third-order valence-electron chi connectivity index (χ3n) is 7.60. The highest BCUT2D eigenvalue weighted by Crippen LogP contribution is 2.43. The van der Waals surface area contributed by atoms with Crippen molar-refractivity contribution in [1.29, 1.82) is 0 Å². The van der Waals surface area contributed by atoms with Crippen LogP contribution in [0.2, 0.25) is 0 Å². The number of rotatable bonds is 5. The smallest absolute Gasteiger partial charge is 0.291 e. The number of H-pyrrole nitrogens is 1. The van der Waals surface area contributed by atoms with Crippen LogP contribution >= 0.6 is 0 Å². The normalized spacial score (nSPS) is 20.7. The van der Waals surface area contributed by atoms with E-state index in [9.17, 15) is 9.59 Å². The number of carbonyl (C=O) groups is 2. The first-order valence-corrected chi connectivity index (χ1v) is 12.6. The van der Waals surface area contributed by atoms with Gasteiger partial charge in [0.15, 0.2) is 0 Å². The number of carbonyl (C=O) groups excluding carboxylic acids is 2. The standard InChI is InChI=1S/C27H30N6O3/c34-25-21(28-26(35)24-30-23(31-32-24)14-18-4-2-1-3-5-18)9-7-19-6-8-20(15-22(19)29-25)33-16-27(17-33)10-12-36-13-11-27/h1-6,8,15,21H,7,9-14,16-17H2,(H,28,35)(H,29,34)(H,30,31,32)/t21-/m1/s1. The molecule has 2 aromatic carbocycles. The molecule has 3 aliphatic rings. The van der Waals surface area contributed by atoms with Crippen LogP contribution in [0.3, 0.4) is 0 Å². The molecule has 1 aromatic heterocycles. The molecule has 3 N–H and O–H groups in total. The molecule has 9 nitrogen and oxygen atoms in total. The summed E-state index contributed by atoms with van der Waals surface area (Å²) in [5.74, 6) is -0.0359. The van der Waals surface area contributed by atoms with E-state index in [2.05, 4.69) is 48.9 Å². The van der Waals surface area contributed by atoms with E-state index in [0.717, 1.165) is 61.6 Å². The van der Waals surface area contributed by atoms with Crippen LogP contribution in [0.5, 0.6) is 0 Å². The monoisotopic (exact) mass is 486 g/mol. The number of amides is 2. The van der Waals surface area contributed by atoms with Gasteiger partial charge in [-0.25, -0.2) is 4.98 Å². The van der Waals surface area contributed by atoms with Gasteiger partial charge < -0.3 is 20.3 Å². The summed E-state index contributed by atoms with van der Waals surface area (Å²) in [7, 11) is 0. The number of hydrogen-bond acceptors (Lipinski definition) is 6. The number of anilines is 2. The van der Waals surface area contributed by atoms with Gasteiger partial charge in [0.05, 0.1) is 0 Å². The zero-order chi connectivity index (χ0) is 24.5. The molecule has 1 atom stereocenters. The Hall–Kier alpha value is -3.72. The van der Waals surface area contributed by atoms with E-state index < -0.39 is 11.9 Å². The van der Waals surface area contributed by atoms with Gasteiger partial charge in [-0.05, 0) is 48.9 Å². The number of nitrogens with zero attached hydrogens (tertiary/aromatic N) is 3. The summed E-state index contributed by atoms with van der Waals surface area (Å²) in [4.78, 5) is 32.5. The predicted octanol–water partition coefficient (Wildman–Crippen LogP) is 2.70. The van der Waals surface area contributed by atoms with Crippen LogP contribution in [0, 0.1) is 5.41 Å². The molecule has 36 heavy (non-hydrogen) atoms. The number of nitrogens with one attached hydrogen (secondary N) is 3. The van der Waals surface area contributed by atoms with Gasteiger partial charge in [0.1, 0.15) is 11.9 Å². The third kappa shape index (κ3) is 4.58. The molecule has 0 bridgehead atoms. The predicted molar refractivity (Wildman–Crippen MR) is 135 cm³/mol. The molecule has 6 rings (SSSR count). The first kappa shape index (κ1) is 22.7. The molecule has 0 aliphatic carbocycles. The van der Waals surface area contributed by atoms with Crippen molar-refractivity contribution < 1.29 is 14.3 Å². The maximum atomic E-state index is 13.0. The highest BCUT2D eigenvalue weighted by molar-refractivity contribution is 6.01. The molecule has 0 radical (unpaired) electrons. The van der Waals surface area contributed by atoms with E-state index in [0.29, 0.717) is 30.5 Å². The molecule has 2 amide bonds. The van der Waals surface area contributed by atoms with Gasteiger partial charge >= 0.3 is 0 Å². The zero-order valence-corrected chi connectivity index (χ0v) is 20.1. The molecule has 9 heteroatoms. The average molecular weight is 487 g/mol. The second kappa shape index (κ2) is 9.39. The lowest BCUT2D eigenvalue weighted by molar-refractivity contribution is -0.118. The van der Waals surface area contributed by atoms with Crippen molar-refractivity contribution >= 4 is 23.2 Å². The number of fused-ring (bicyclic) bond motifs is 1. The van der Waals surface area contributed by atoms with E-state index >= 15 is 0 Å². The molecular weight excluding hydrogens is 456 g/mol. The molecule has 186 valence electrons. The highest BCUT2D eigenvalue weighted by atomic mass is 16.5. The minimum atomic E-state index is -0.654. The Balaban J connectivity index is 1.08. The lowest BCUT2D eigenvalue weighted by Gasteiger charge is -2.53. The Bertz CT molecular complexity index is 1260. The molecule has 4 heterocycles. The number of aryl methyl sites for hydroxylation is 1. The molecule has 2 fully saturated rings. The van der Waals surface area contributed by atoms with Crippen LogP contribution in [0.1, 0.15) is 46.8 Å². The SMILES string of the molecule is O=C(N[C@@H]1CCc2ccc(N3CC4(CCOCC4)C3)cc2NC1=O)c1n[nH]c(Cc2ccccc2)n1. The van der Waals surface area contributed by atoms with Gasteiger partial charge in [0.2, 0.25) is 11.7 Å². The number of hydrogen-bond donors (Lipinski definition) is 3. The molecule has 1 spiro atoms. The Morgan fingerprint density at radius 2 is 1.94 bits per heavy atom. The summed E-state index contributed by atoms with van der Waals surface area (Å²) in [5, 5.41) is 12.7. The Labute approximate surface area is 209 Å². The maximum absolute atomic E-state index is 13.0. The van der Waals surface area contributed by atoms with Crippen LogP contribution in [-0.2, 0) is 22.4 Å². The van der Waals surface area contributed by atoms with E-state index in [-0.39, 0.29) is 11.7 Å². The van der Waals surface area contributed by atoms with E-state index in [4.69, 9.17) is 4.74 Å². The van der Waals surface area contributed by atoms with Gasteiger partial charge in [0, 0.05) is 49.5 Å². The molecular formula is C27H30N6O3. The van der Waals surface area contributed by atoms with Crippen LogP contribution in [0.4, 0.5) is 11.4 Å². The Morgan fingerprint density at radius 3 is 2.75 bits per heavy atom. The first-order chi connectivity index (χ1) is 17.6. The molecule has 2 saturated heterocycles. The van der Waals surface area contributed by atoms with Crippen molar-refractivity contribution in [2.45, 2.75) is 38.1 Å². The molecule has 0 saturated carbocycles. The molecule has 3 aromatic rings. The second-order valence-corrected chi connectivity index (χ2v) is 10.1. The van der Waals surface area contributed by atoms with Crippen molar-refractivity contribution in [2.75, 3.05) is 36.5 Å². The fourth-order valence-electron chi connectivity index (χ4n) is 5.44. The van der Waals surface area contributed by atoms with Gasteiger partial charge in [-0.2, -0.15) is 0 Å². The summed E-state index contributed by atoms with van der Waals surface area (Å²) in [5.41, 5.74) is 4.48. The summed E-state index contributed by atoms with van der Waals surface area (Å²) in [6, 6.07) is 15.5. The maximum Gasteiger partial charge on any atom is 0.291 e. The molecule has 3 aliphatic heterocycles. The minimum Gasteiger partial charge on any atom is -0.381 e. The van der Waals surface area contributed by atoms with E-state index in [1.165, 1.54) is 0 Å². The van der Waals surface area contributed by atoms with E-state index in [1.54, 1.807) is 0 Å². The summed E-state index contributed by atoms with van der Waals surface area (Å²) < 4.78 is 5.53. The lowest BCUT2D eigenvalue weighted by Crippen LogP contribution is -2.58. The largest absolute Gasteiger partial charge is 0.381 e. The Morgan fingerprint density at radius 1 is 1.14 bits per heavy atom. The van der Waals surface area contributed by atoms with Crippen LogP contribution < -0.4 is 15.5 Å². The topological polar surface area (TPSA) is 112 Å². The van der Waals surface area contributed by atoms with Crippen molar-refractivity contribution in [1.82, 2.24) is 20.5 Å². The van der Waals surface area contributed by atoms with Crippen LogP contribution in [0.15, 0.2) is 48.5 Å². The van der Waals surface area contributed by atoms with Crippen molar-refractivity contribution in [2.24, 2.45) is 5.41 Å². The summed E-state index contributed by atoms with van der Waals surface area (Å²) in [6.07, 6.45) is 3.98. The number of benzene rings is 2. The van der Waals surface area contributed by atoms with Gasteiger partial charge in [0.25, 0.3) is 5.91 Å². The third-order valence-corrected chi connectivity index (χ3v) is 7.60. The van der Waals surface area contributed by atoms with Crippen molar-refractivity contribution in [3.8, 4) is 0 Å². The van der Waals surface area contributed by atoms with Crippen molar-refractivity contribution in [3.05, 3.63) is 71.3 Å². The fourth-order valence-corrected chi connectivity index (χ4v) is 5.44. The van der Waals surface area contributed by atoms with Crippen molar-refractivity contribution in [3.63, 3.8) is 0 Å². The second-order valence-electron chi connectivity index (χ2n) is 10.1. The Kier molecular flexibility index (Phi) is 5.92. The lowest BCUT2D eigenvalue weighted by atomic mass is 9.73. The quantitative estimate of drug-likeness (QED) is 0.511.